The lowest BCUT2D eigenvalue weighted by molar-refractivity contribution is 0.131. The molecule has 2 nitrogen and oxygen atoms in total. The summed E-state index contributed by atoms with van der Waals surface area (Å²) in [6.45, 7) is 3.91. The third kappa shape index (κ3) is 16.0. The maximum Gasteiger partial charge on any atom is 0.114 e. The summed E-state index contributed by atoms with van der Waals surface area (Å²) < 4.78 is 5.50. The Morgan fingerprint density at radius 2 is 1.70 bits per heavy atom. The summed E-state index contributed by atoms with van der Waals surface area (Å²) in [5, 5.41) is 10.6. The first kappa shape index (κ1) is 20.0. The lowest BCUT2D eigenvalue weighted by Crippen LogP contribution is -2.01. The topological polar surface area (TPSA) is 29.5 Å². The summed E-state index contributed by atoms with van der Waals surface area (Å²) in [6, 6.07) is 0. The molecule has 20 heavy (non-hydrogen) atoms. The minimum Gasteiger partial charge on any atom is -0.381 e. The molecular weight excluding hydrogens is 316 g/mol. The Balaban J connectivity index is 3.18. The van der Waals surface area contributed by atoms with E-state index in [1.54, 1.807) is 0 Å². The molecule has 3 heteroatoms. The monoisotopic (exact) mass is 346 g/mol. The van der Waals surface area contributed by atoms with Gasteiger partial charge in [0.2, 0.25) is 0 Å². The Morgan fingerprint density at radius 3 is 2.45 bits per heavy atom. The van der Waals surface area contributed by atoms with Crippen LogP contribution < -0.4 is 0 Å². The van der Waals surface area contributed by atoms with Gasteiger partial charge in [-0.2, -0.15) is 0 Å². The quantitative estimate of drug-likeness (QED) is 0.298. The maximum absolute atomic E-state index is 9.55. The van der Waals surface area contributed by atoms with Crippen molar-refractivity contribution in [3.63, 3.8) is 0 Å². The zero-order valence-corrected chi connectivity index (χ0v) is 14.6. The van der Waals surface area contributed by atoms with Crippen LogP contribution in [0.3, 0.4) is 0 Å². The van der Waals surface area contributed by atoms with Crippen LogP contribution in [0.15, 0.2) is 0 Å². The van der Waals surface area contributed by atoms with Gasteiger partial charge in [0.05, 0.1) is 0 Å². The number of aliphatic hydroxyl groups is 1. The van der Waals surface area contributed by atoms with Crippen molar-refractivity contribution in [1.82, 2.24) is 0 Å². The summed E-state index contributed by atoms with van der Waals surface area (Å²) in [6.07, 6.45) is 10.7. The molecule has 1 unspecified atom stereocenters. The van der Waals surface area contributed by atoms with E-state index in [9.17, 15) is 5.11 Å². The van der Waals surface area contributed by atoms with E-state index >= 15 is 0 Å². The summed E-state index contributed by atoms with van der Waals surface area (Å²) in [7, 11) is 0. The zero-order valence-electron chi connectivity index (χ0n) is 13.0. The molecule has 0 aromatic carbocycles. The maximum atomic E-state index is 9.55. The second kappa shape index (κ2) is 17.0. The molecule has 0 amide bonds. The fraction of sp³-hybridized carbons (Fsp3) is 0.882. The molecule has 0 aromatic heterocycles. The zero-order chi connectivity index (χ0) is 14.9. The number of rotatable bonds is 13. The Kier molecular flexibility index (Phi) is 17.0. The third-order valence-electron chi connectivity index (χ3n) is 3.11. The van der Waals surface area contributed by atoms with Crippen molar-refractivity contribution in [1.29, 1.82) is 0 Å². The van der Waals surface area contributed by atoms with Crippen LogP contribution in [0.2, 0.25) is 0 Å². The molecule has 0 saturated heterocycles. The van der Waals surface area contributed by atoms with Crippen LogP contribution in [0.25, 0.3) is 0 Å². The smallest absolute Gasteiger partial charge is 0.114 e. The number of ether oxygens (including phenoxy) is 1. The van der Waals surface area contributed by atoms with Crippen molar-refractivity contribution >= 4 is 15.9 Å². The van der Waals surface area contributed by atoms with Gasteiger partial charge >= 0.3 is 0 Å². The molecule has 0 saturated carbocycles. The average molecular weight is 347 g/mol. The predicted octanol–water partition coefficient (Wildman–Crippen LogP) is 4.68. The largest absolute Gasteiger partial charge is 0.381 e. The van der Waals surface area contributed by atoms with Gasteiger partial charge < -0.3 is 9.84 Å². The van der Waals surface area contributed by atoms with Crippen LogP contribution in [0.4, 0.5) is 0 Å². The molecule has 0 aromatic rings. The van der Waals surface area contributed by atoms with Crippen molar-refractivity contribution in [3.05, 3.63) is 0 Å². The van der Waals surface area contributed by atoms with Crippen LogP contribution in [0.1, 0.15) is 71.1 Å². The lowest BCUT2D eigenvalue weighted by atomic mass is 10.1. The van der Waals surface area contributed by atoms with Gasteiger partial charge in [-0.1, -0.05) is 60.9 Å². The van der Waals surface area contributed by atoms with Gasteiger partial charge in [-0.05, 0) is 25.7 Å². The average Bonchev–Trinajstić information content (AvgIpc) is 2.46. The molecule has 0 fully saturated rings. The Hall–Kier alpha value is -0.0400. The van der Waals surface area contributed by atoms with Gasteiger partial charge in [-0.25, -0.2) is 0 Å². The third-order valence-corrected chi connectivity index (χ3v) is 3.67. The second-order valence-electron chi connectivity index (χ2n) is 5.15. The first-order valence-electron chi connectivity index (χ1n) is 8.11. The number of alkyl halides is 1. The normalized spacial score (nSPS) is 11.9. The predicted molar refractivity (Wildman–Crippen MR) is 90.2 cm³/mol. The number of halogens is 1. The van der Waals surface area contributed by atoms with E-state index in [0.717, 1.165) is 57.1 Å². The summed E-state index contributed by atoms with van der Waals surface area (Å²) in [4.78, 5) is 0. The minimum absolute atomic E-state index is 0.411. The Bertz CT molecular complexity index is 245. The Labute approximate surface area is 133 Å². The summed E-state index contributed by atoms with van der Waals surface area (Å²) in [5.74, 6) is 6.02. The molecule has 1 atom stereocenters. The summed E-state index contributed by atoms with van der Waals surface area (Å²) >= 11 is 3.39. The van der Waals surface area contributed by atoms with Crippen LogP contribution in [0.5, 0.6) is 0 Å². The first-order valence-corrected chi connectivity index (χ1v) is 9.23. The highest BCUT2D eigenvalue weighted by Crippen LogP contribution is 2.05. The molecule has 1 N–H and O–H groups in total. The standard InChI is InChI=1S/C17H31BrO2/c1-2-3-12-17(19)13-9-7-5-4-6-8-10-15-20-16-11-14-18/h17,19H,2-8,10-12,14-16H2,1H3. The molecule has 0 heterocycles. The van der Waals surface area contributed by atoms with Crippen molar-refractivity contribution in [2.45, 2.75) is 77.2 Å². The van der Waals surface area contributed by atoms with Crippen LogP contribution >= 0.6 is 15.9 Å². The van der Waals surface area contributed by atoms with Crippen LogP contribution in [-0.4, -0.2) is 29.8 Å². The van der Waals surface area contributed by atoms with E-state index in [0.29, 0.717) is 0 Å². The highest BCUT2D eigenvalue weighted by molar-refractivity contribution is 9.09. The lowest BCUT2D eigenvalue weighted by Gasteiger charge is -2.02. The van der Waals surface area contributed by atoms with Crippen molar-refractivity contribution in [3.8, 4) is 11.8 Å². The van der Waals surface area contributed by atoms with Gasteiger partial charge in [0.25, 0.3) is 0 Å². The highest BCUT2D eigenvalue weighted by Gasteiger charge is 1.96. The van der Waals surface area contributed by atoms with Gasteiger partial charge in [-0.15, -0.1) is 5.92 Å². The van der Waals surface area contributed by atoms with Crippen molar-refractivity contribution in [2.75, 3.05) is 18.5 Å². The van der Waals surface area contributed by atoms with Crippen molar-refractivity contribution < 1.29 is 9.84 Å². The van der Waals surface area contributed by atoms with E-state index in [4.69, 9.17) is 4.74 Å². The number of unbranched alkanes of at least 4 members (excludes halogenated alkanes) is 6. The Morgan fingerprint density at radius 1 is 1.00 bits per heavy atom. The highest BCUT2D eigenvalue weighted by atomic mass is 79.9. The van der Waals surface area contributed by atoms with Gasteiger partial charge in [-0.3, -0.25) is 0 Å². The number of hydrogen-bond donors (Lipinski definition) is 1. The molecule has 0 spiro atoms. The number of aliphatic hydroxyl groups excluding tert-OH is 1. The second-order valence-corrected chi connectivity index (χ2v) is 5.94. The fourth-order valence-electron chi connectivity index (χ4n) is 1.87. The molecular formula is C17H31BrO2. The van der Waals surface area contributed by atoms with E-state index in [-0.39, 0.29) is 0 Å². The first-order chi connectivity index (χ1) is 9.81. The molecule has 0 radical (unpaired) electrons. The number of hydrogen-bond acceptors (Lipinski definition) is 2. The van der Waals surface area contributed by atoms with Gasteiger partial charge in [0, 0.05) is 25.0 Å². The molecule has 118 valence electrons. The van der Waals surface area contributed by atoms with Crippen LogP contribution in [-0.2, 0) is 4.74 Å². The molecule has 0 rings (SSSR count). The van der Waals surface area contributed by atoms with E-state index in [1.165, 1.54) is 25.7 Å². The van der Waals surface area contributed by atoms with Crippen LogP contribution in [0, 0.1) is 11.8 Å². The molecule has 0 aliphatic rings. The summed E-state index contributed by atoms with van der Waals surface area (Å²) in [5.41, 5.74) is 0. The molecule has 0 bridgehead atoms. The minimum atomic E-state index is -0.411. The van der Waals surface area contributed by atoms with E-state index in [2.05, 4.69) is 34.7 Å². The van der Waals surface area contributed by atoms with E-state index in [1.807, 2.05) is 0 Å². The van der Waals surface area contributed by atoms with Crippen molar-refractivity contribution in [2.24, 2.45) is 0 Å². The molecule has 0 aliphatic heterocycles. The van der Waals surface area contributed by atoms with Gasteiger partial charge in [0.15, 0.2) is 0 Å². The molecule has 0 aliphatic carbocycles. The van der Waals surface area contributed by atoms with E-state index < -0.39 is 6.10 Å². The SMILES string of the molecule is CCCCC(O)C#CCCCCCCCOCCCBr. The van der Waals surface area contributed by atoms with Gasteiger partial charge in [0.1, 0.15) is 6.10 Å². The fourth-order valence-corrected chi connectivity index (χ4v) is 2.10.